The Hall–Kier alpha value is -2.63. The third-order valence-corrected chi connectivity index (χ3v) is 3.14. The number of rotatable bonds is 6. The quantitative estimate of drug-likeness (QED) is 0.616. The number of primary amides is 1. The lowest BCUT2D eigenvalue weighted by Crippen LogP contribution is -2.38. The Balaban J connectivity index is 3.59. The van der Waals surface area contributed by atoms with Crippen LogP contribution in [0.2, 0.25) is 0 Å². The molecule has 22 heavy (non-hydrogen) atoms. The van der Waals surface area contributed by atoms with E-state index < -0.39 is 5.91 Å². The van der Waals surface area contributed by atoms with E-state index in [1.807, 2.05) is 19.9 Å². The zero-order chi connectivity index (χ0) is 16.9. The highest BCUT2D eigenvalue weighted by molar-refractivity contribution is 6.00. The molecule has 0 aliphatic carbocycles. The molecule has 118 valence electrons. The molecule has 0 aliphatic heterocycles. The van der Waals surface area contributed by atoms with Gasteiger partial charge in [-0.15, -0.1) is 0 Å². The second-order valence-electron chi connectivity index (χ2n) is 5.01. The van der Waals surface area contributed by atoms with Crippen molar-refractivity contribution in [3.63, 3.8) is 0 Å². The molecule has 0 radical (unpaired) electrons. The highest BCUT2D eigenvalue weighted by atomic mass is 16.2. The van der Waals surface area contributed by atoms with Crippen molar-refractivity contribution in [3.05, 3.63) is 40.7 Å². The summed E-state index contributed by atoms with van der Waals surface area (Å²) in [6, 6.07) is 5.57. The molecule has 0 aliphatic rings. The second-order valence-corrected chi connectivity index (χ2v) is 5.01. The molecular weight excluding hydrogens is 282 g/mol. The van der Waals surface area contributed by atoms with E-state index in [-0.39, 0.29) is 17.3 Å². The Morgan fingerprint density at radius 2 is 1.77 bits per heavy atom. The number of benzene rings is 1. The molecule has 0 bridgehead atoms. The van der Waals surface area contributed by atoms with Gasteiger partial charge in [-0.05, 0) is 43.5 Å². The predicted octanol–water partition coefficient (Wildman–Crippen LogP) is 1.51. The van der Waals surface area contributed by atoms with Crippen LogP contribution in [0.1, 0.15) is 31.4 Å². The Labute approximate surface area is 130 Å². The van der Waals surface area contributed by atoms with Crippen molar-refractivity contribution in [2.75, 3.05) is 4.90 Å². The van der Waals surface area contributed by atoms with Crippen molar-refractivity contribution < 1.29 is 14.4 Å². The number of hydrogen-bond acceptors (Lipinski definition) is 3. The number of amides is 3. The number of carbonyl (C=O) groups excluding carboxylic acids is 3. The number of nitrogens with two attached hydrogens (primary N) is 1. The Bertz CT molecular complexity index is 615. The van der Waals surface area contributed by atoms with Gasteiger partial charge in [-0.25, -0.2) is 0 Å². The molecule has 0 spiro atoms. The number of anilines is 1. The molecule has 0 aromatic heterocycles. The van der Waals surface area contributed by atoms with Crippen LogP contribution in [0.4, 0.5) is 5.69 Å². The van der Waals surface area contributed by atoms with E-state index in [0.29, 0.717) is 18.5 Å². The first-order chi connectivity index (χ1) is 10.3. The summed E-state index contributed by atoms with van der Waals surface area (Å²) in [6.45, 7) is 6.89. The van der Waals surface area contributed by atoms with Crippen LogP contribution in [0.25, 0.3) is 0 Å². The fraction of sp³-hybridized carbons (Fsp3) is 0.312. The van der Waals surface area contributed by atoms with Gasteiger partial charge in [0.15, 0.2) is 0 Å². The standard InChI is InChI=1S/C16H21N3O3/c1-5-14(15(17)22)16(18-9-20)19(12(4)21)13-7-10(2)6-11(3)8-13/h6-9H,5H2,1-4H3,(H2,17,22)(H,18,20)/b16-14+. The normalized spacial score (nSPS) is 11.5. The Morgan fingerprint density at radius 3 is 2.14 bits per heavy atom. The van der Waals surface area contributed by atoms with E-state index in [4.69, 9.17) is 5.73 Å². The zero-order valence-corrected chi connectivity index (χ0v) is 13.3. The fourth-order valence-corrected chi connectivity index (χ4v) is 2.35. The predicted molar refractivity (Wildman–Crippen MR) is 84.8 cm³/mol. The molecule has 1 aromatic rings. The summed E-state index contributed by atoms with van der Waals surface area (Å²) >= 11 is 0. The summed E-state index contributed by atoms with van der Waals surface area (Å²) in [6.07, 6.45) is 0.715. The van der Waals surface area contributed by atoms with Gasteiger partial charge in [-0.2, -0.15) is 0 Å². The van der Waals surface area contributed by atoms with E-state index in [0.717, 1.165) is 11.1 Å². The van der Waals surface area contributed by atoms with E-state index >= 15 is 0 Å². The smallest absolute Gasteiger partial charge is 0.248 e. The molecule has 3 amide bonds. The topological polar surface area (TPSA) is 92.5 Å². The molecule has 0 atom stereocenters. The maximum Gasteiger partial charge on any atom is 0.248 e. The molecule has 0 saturated carbocycles. The van der Waals surface area contributed by atoms with Crippen LogP contribution in [0.5, 0.6) is 0 Å². The van der Waals surface area contributed by atoms with E-state index in [1.165, 1.54) is 11.8 Å². The number of hydrogen-bond donors (Lipinski definition) is 2. The lowest BCUT2D eigenvalue weighted by molar-refractivity contribution is -0.116. The fourth-order valence-electron chi connectivity index (χ4n) is 2.35. The first-order valence-electron chi connectivity index (χ1n) is 6.93. The summed E-state index contributed by atoms with van der Waals surface area (Å²) in [5.41, 5.74) is 8.04. The zero-order valence-electron chi connectivity index (χ0n) is 13.3. The van der Waals surface area contributed by atoms with E-state index in [9.17, 15) is 14.4 Å². The molecule has 3 N–H and O–H groups in total. The minimum atomic E-state index is -0.678. The van der Waals surface area contributed by atoms with Crippen molar-refractivity contribution in [1.29, 1.82) is 0 Å². The number of carbonyl (C=O) groups is 3. The monoisotopic (exact) mass is 303 g/mol. The largest absolute Gasteiger partial charge is 0.366 e. The summed E-state index contributed by atoms with van der Waals surface area (Å²) in [5, 5.41) is 2.44. The summed E-state index contributed by atoms with van der Waals surface area (Å²) < 4.78 is 0. The van der Waals surface area contributed by atoms with Crippen molar-refractivity contribution >= 4 is 23.9 Å². The van der Waals surface area contributed by atoms with Gasteiger partial charge in [0, 0.05) is 6.92 Å². The molecule has 1 rings (SSSR count). The van der Waals surface area contributed by atoms with E-state index in [1.54, 1.807) is 19.1 Å². The highest BCUT2D eigenvalue weighted by Crippen LogP contribution is 2.24. The first kappa shape index (κ1) is 17.4. The minimum absolute atomic E-state index is 0.0995. The third kappa shape index (κ3) is 3.94. The molecule has 0 heterocycles. The van der Waals surface area contributed by atoms with Crippen LogP contribution in [-0.4, -0.2) is 18.2 Å². The van der Waals surface area contributed by atoms with Gasteiger partial charge in [0.2, 0.25) is 18.2 Å². The molecule has 0 fully saturated rings. The number of nitrogens with zero attached hydrogens (tertiary/aromatic N) is 1. The van der Waals surface area contributed by atoms with Gasteiger partial charge in [0.1, 0.15) is 5.82 Å². The molecule has 0 unspecified atom stereocenters. The molecular formula is C16H21N3O3. The molecule has 0 saturated heterocycles. The molecule has 6 heteroatoms. The van der Waals surface area contributed by atoms with Crippen LogP contribution in [0.3, 0.4) is 0 Å². The maximum atomic E-state index is 12.1. The van der Waals surface area contributed by atoms with Gasteiger partial charge in [0.25, 0.3) is 0 Å². The summed E-state index contributed by atoms with van der Waals surface area (Å²) in [7, 11) is 0. The summed E-state index contributed by atoms with van der Waals surface area (Å²) in [5.74, 6) is -0.911. The van der Waals surface area contributed by atoms with Crippen LogP contribution in [0.15, 0.2) is 29.6 Å². The SMILES string of the molecule is CC/C(C(N)=O)=C(/NC=O)N(C(C)=O)c1cc(C)cc(C)c1. The van der Waals surface area contributed by atoms with Gasteiger partial charge in [-0.3, -0.25) is 19.3 Å². The van der Waals surface area contributed by atoms with E-state index in [2.05, 4.69) is 5.32 Å². The molecule has 6 nitrogen and oxygen atoms in total. The van der Waals surface area contributed by atoms with Crippen LogP contribution in [0, 0.1) is 13.8 Å². The third-order valence-electron chi connectivity index (χ3n) is 3.14. The Kier molecular flexibility index (Phi) is 5.86. The summed E-state index contributed by atoms with van der Waals surface area (Å²) in [4.78, 5) is 35.9. The van der Waals surface area contributed by atoms with Crippen molar-refractivity contribution in [2.24, 2.45) is 5.73 Å². The first-order valence-corrected chi connectivity index (χ1v) is 6.93. The number of aryl methyl sites for hydroxylation is 2. The highest BCUT2D eigenvalue weighted by Gasteiger charge is 2.22. The van der Waals surface area contributed by atoms with Gasteiger partial charge in [0.05, 0.1) is 11.3 Å². The van der Waals surface area contributed by atoms with Crippen LogP contribution >= 0.6 is 0 Å². The van der Waals surface area contributed by atoms with Crippen molar-refractivity contribution in [1.82, 2.24) is 5.32 Å². The maximum absolute atomic E-state index is 12.1. The lowest BCUT2D eigenvalue weighted by atomic mass is 10.1. The second kappa shape index (κ2) is 7.40. The lowest BCUT2D eigenvalue weighted by Gasteiger charge is -2.26. The van der Waals surface area contributed by atoms with Gasteiger partial charge >= 0.3 is 0 Å². The van der Waals surface area contributed by atoms with Gasteiger partial charge < -0.3 is 11.1 Å². The number of nitrogens with one attached hydrogen (secondary N) is 1. The van der Waals surface area contributed by atoms with Crippen molar-refractivity contribution in [2.45, 2.75) is 34.1 Å². The average Bonchev–Trinajstić information content (AvgIpc) is 2.37. The average molecular weight is 303 g/mol. The van der Waals surface area contributed by atoms with Crippen LogP contribution < -0.4 is 16.0 Å². The Morgan fingerprint density at radius 1 is 1.23 bits per heavy atom. The van der Waals surface area contributed by atoms with Crippen LogP contribution in [-0.2, 0) is 14.4 Å². The molecule has 1 aromatic carbocycles. The van der Waals surface area contributed by atoms with Gasteiger partial charge in [-0.1, -0.05) is 13.0 Å². The van der Waals surface area contributed by atoms with Crippen molar-refractivity contribution in [3.8, 4) is 0 Å². The minimum Gasteiger partial charge on any atom is -0.366 e.